The molecule has 0 N–H and O–H groups in total. The Balaban J connectivity index is 2.39. The highest BCUT2D eigenvalue weighted by Gasteiger charge is 2.58. The van der Waals surface area contributed by atoms with Gasteiger partial charge in [0.2, 0.25) is 0 Å². The third-order valence-corrected chi connectivity index (χ3v) is 5.37. The molecule has 0 spiro atoms. The highest BCUT2D eigenvalue weighted by Crippen LogP contribution is 2.61. The van der Waals surface area contributed by atoms with E-state index >= 15 is 0 Å². The monoisotopic (exact) mass is 222 g/mol. The van der Waals surface area contributed by atoms with E-state index in [0.29, 0.717) is 23.5 Å². The Hall–Kier alpha value is -0.330. The van der Waals surface area contributed by atoms with Gasteiger partial charge >= 0.3 is 0 Å². The molecule has 2 fully saturated rings. The van der Waals surface area contributed by atoms with Crippen LogP contribution in [0, 0.1) is 28.6 Å². The summed E-state index contributed by atoms with van der Waals surface area (Å²) in [5.74, 6) is 2.13. The van der Waals surface area contributed by atoms with Crippen molar-refractivity contribution in [3.63, 3.8) is 0 Å². The highest BCUT2D eigenvalue weighted by atomic mass is 16.1. The molecule has 0 amide bonds. The van der Waals surface area contributed by atoms with Crippen molar-refractivity contribution in [1.82, 2.24) is 0 Å². The first kappa shape index (κ1) is 12.1. The van der Waals surface area contributed by atoms with Gasteiger partial charge in [0.05, 0.1) is 0 Å². The number of ketones is 1. The first-order valence-corrected chi connectivity index (χ1v) is 6.82. The van der Waals surface area contributed by atoms with Crippen LogP contribution in [0.25, 0.3) is 0 Å². The van der Waals surface area contributed by atoms with E-state index < -0.39 is 0 Å². The Labute approximate surface area is 100.0 Å². The molecule has 0 unspecified atom stereocenters. The van der Waals surface area contributed by atoms with E-state index in [1.54, 1.807) is 0 Å². The third-order valence-electron chi connectivity index (χ3n) is 5.37. The first-order chi connectivity index (χ1) is 7.29. The molecule has 2 saturated carbocycles. The van der Waals surface area contributed by atoms with Crippen LogP contribution in [0.2, 0.25) is 0 Å². The lowest BCUT2D eigenvalue weighted by molar-refractivity contribution is -0.129. The maximum absolute atomic E-state index is 12.3. The summed E-state index contributed by atoms with van der Waals surface area (Å²) in [5, 5.41) is 0. The molecule has 0 aromatic rings. The zero-order valence-corrected chi connectivity index (χ0v) is 11.5. The average molecular weight is 222 g/mol. The van der Waals surface area contributed by atoms with Crippen molar-refractivity contribution in [3.8, 4) is 0 Å². The van der Waals surface area contributed by atoms with Crippen LogP contribution in [0.5, 0.6) is 0 Å². The number of hydrogen-bond donors (Lipinski definition) is 0. The van der Waals surface area contributed by atoms with Crippen LogP contribution < -0.4 is 0 Å². The number of Topliss-reactive ketones (excluding diaryl/α,β-unsaturated/α-hetero) is 1. The Morgan fingerprint density at radius 3 is 2.38 bits per heavy atom. The summed E-state index contributed by atoms with van der Waals surface area (Å²) >= 11 is 0. The zero-order chi connectivity index (χ0) is 12.1. The summed E-state index contributed by atoms with van der Waals surface area (Å²) in [6.07, 6.45) is 4.62. The smallest absolute Gasteiger partial charge is 0.137 e. The molecule has 0 saturated heterocycles. The fourth-order valence-corrected chi connectivity index (χ4v) is 4.87. The van der Waals surface area contributed by atoms with E-state index in [9.17, 15) is 4.79 Å². The Morgan fingerprint density at radius 1 is 1.19 bits per heavy atom. The van der Waals surface area contributed by atoms with E-state index in [0.717, 1.165) is 6.42 Å². The summed E-state index contributed by atoms with van der Waals surface area (Å²) in [7, 11) is 0. The minimum atomic E-state index is 0.230. The first-order valence-electron chi connectivity index (χ1n) is 6.82. The van der Waals surface area contributed by atoms with Crippen molar-refractivity contribution in [2.75, 3.05) is 0 Å². The zero-order valence-electron chi connectivity index (χ0n) is 11.5. The predicted molar refractivity (Wildman–Crippen MR) is 67.2 cm³/mol. The molecule has 0 radical (unpaired) electrons. The molecular weight excluding hydrogens is 196 g/mol. The highest BCUT2D eigenvalue weighted by molar-refractivity contribution is 5.85. The molecule has 3 atom stereocenters. The van der Waals surface area contributed by atoms with Crippen molar-refractivity contribution in [1.29, 1.82) is 0 Å². The third kappa shape index (κ3) is 1.55. The van der Waals surface area contributed by atoms with Gasteiger partial charge in [0, 0.05) is 12.3 Å². The number of carbonyl (C=O) groups excluding carboxylic acids is 1. The number of hydrogen-bond acceptors (Lipinski definition) is 1. The second kappa shape index (κ2) is 3.58. The number of fused-ring (bicyclic) bond motifs is 1. The fraction of sp³-hybridized carbons (Fsp3) is 0.933. The molecule has 1 heteroatoms. The van der Waals surface area contributed by atoms with Crippen LogP contribution in [0.3, 0.4) is 0 Å². The molecule has 0 aromatic heterocycles. The molecule has 2 rings (SSSR count). The predicted octanol–water partition coefficient (Wildman–Crippen LogP) is 4.06. The molecule has 92 valence electrons. The van der Waals surface area contributed by atoms with E-state index in [1.807, 2.05) is 0 Å². The normalized spacial score (nSPS) is 42.5. The van der Waals surface area contributed by atoms with E-state index in [-0.39, 0.29) is 10.8 Å². The minimum Gasteiger partial charge on any atom is -0.299 e. The van der Waals surface area contributed by atoms with Crippen LogP contribution in [-0.2, 0) is 4.79 Å². The lowest BCUT2D eigenvalue weighted by atomic mass is 9.54. The molecule has 2 aliphatic carbocycles. The topological polar surface area (TPSA) is 17.1 Å². The molecule has 16 heavy (non-hydrogen) atoms. The fourth-order valence-electron chi connectivity index (χ4n) is 4.87. The van der Waals surface area contributed by atoms with Crippen molar-refractivity contribution < 1.29 is 4.79 Å². The average Bonchev–Trinajstić information content (AvgIpc) is 2.38. The maximum atomic E-state index is 12.3. The van der Waals surface area contributed by atoms with Gasteiger partial charge in [-0.25, -0.2) is 0 Å². The number of carbonyl (C=O) groups is 1. The van der Waals surface area contributed by atoms with Crippen molar-refractivity contribution in [2.24, 2.45) is 28.6 Å². The second-order valence-corrected chi connectivity index (χ2v) is 7.30. The van der Waals surface area contributed by atoms with Gasteiger partial charge in [0.25, 0.3) is 0 Å². The van der Waals surface area contributed by atoms with Gasteiger partial charge in [-0.05, 0) is 35.5 Å². The maximum Gasteiger partial charge on any atom is 0.137 e. The van der Waals surface area contributed by atoms with Gasteiger partial charge in [-0.3, -0.25) is 4.79 Å². The molecule has 0 heterocycles. The van der Waals surface area contributed by atoms with Gasteiger partial charge in [0.15, 0.2) is 0 Å². The Morgan fingerprint density at radius 2 is 1.81 bits per heavy atom. The van der Waals surface area contributed by atoms with Crippen molar-refractivity contribution in [3.05, 3.63) is 0 Å². The summed E-state index contributed by atoms with van der Waals surface area (Å²) in [6, 6.07) is 0. The Bertz CT molecular complexity index is 303. The molecule has 0 aromatic carbocycles. The molecular formula is C15H26O. The van der Waals surface area contributed by atoms with Crippen LogP contribution in [0.15, 0.2) is 0 Å². The summed E-state index contributed by atoms with van der Waals surface area (Å²) in [5.41, 5.74) is 0.515. The van der Waals surface area contributed by atoms with Gasteiger partial charge in [0.1, 0.15) is 5.78 Å². The molecule has 1 nitrogen and oxygen atoms in total. The van der Waals surface area contributed by atoms with Crippen LogP contribution in [-0.4, -0.2) is 5.78 Å². The molecule has 2 aliphatic rings. The molecule has 0 aliphatic heterocycles. The van der Waals surface area contributed by atoms with Crippen LogP contribution >= 0.6 is 0 Å². The summed E-state index contributed by atoms with van der Waals surface area (Å²) in [4.78, 5) is 12.3. The van der Waals surface area contributed by atoms with Gasteiger partial charge in [-0.1, -0.05) is 41.0 Å². The second-order valence-electron chi connectivity index (χ2n) is 7.30. The Kier molecular flexibility index (Phi) is 2.72. The largest absolute Gasteiger partial charge is 0.299 e. The van der Waals surface area contributed by atoms with E-state index in [2.05, 4.69) is 34.6 Å². The number of rotatable bonds is 1. The quantitative estimate of drug-likeness (QED) is 0.654. The lowest BCUT2D eigenvalue weighted by Crippen LogP contribution is -2.44. The van der Waals surface area contributed by atoms with Gasteiger partial charge < -0.3 is 0 Å². The van der Waals surface area contributed by atoms with Crippen molar-refractivity contribution >= 4 is 5.78 Å². The molecule has 0 bridgehead atoms. The van der Waals surface area contributed by atoms with Crippen LogP contribution in [0.1, 0.15) is 60.3 Å². The minimum absolute atomic E-state index is 0.230. The standard InChI is InChI=1S/C15H26O/c1-10(2)11-9-12(16)13-14(3,4)7-6-8-15(11,13)5/h10-11,13H,6-9H2,1-5H3/t11-,13-,15-/m0/s1. The van der Waals surface area contributed by atoms with E-state index in [4.69, 9.17) is 0 Å². The summed E-state index contributed by atoms with van der Waals surface area (Å²) in [6.45, 7) is 11.6. The SMILES string of the molecule is CC(C)[C@@H]1CC(=O)[C@H]2C(C)(C)CCC[C@@]12C. The summed E-state index contributed by atoms with van der Waals surface area (Å²) < 4.78 is 0. The lowest BCUT2D eigenvalue weighted by Gasteiger charge is -2.49. The van der Waals surface area contributed by atoms with Gasteiger partial charge in [-0.2, -0.15) is 0 Å². The van der Waals surface area contributed by atoms with Crippen molar-refractivity contribution in [2.45, 2.75) is 60.3 Å². The van der Waals surface area contributed by atoms with E-state index in [1.165, 1.54) is 19.3 Å². The van der Waals surface area contributed by atoms with Crippen LogP contribution in [0.4, 0.5) is 0 Å². The van der Waals surface area contributed by atoms with Gasteiger partial charge in [-0.15, -0.1) is 0 Å².